The van der Waals surface area contributed by atoms with Crippen molar-refractivity contribution in [1.29, 1.82) is 0 Å². The molecule has 1 aromatic rings. The summed E-state index contributed by atoms with van der Waals surface area (Å²) >= 11 is 3.53. The van der Waals surface area contributed by atoms with Crippen LogP contribution in [0, 0.1) is 11.8 Å². The van der Waals surface area contributed by atoms with Gasteiger partial charge in [-0.3, -0.25) is 5.32 Å². The van der Waals surface area contributed by atoms with Crippen LogP contribution in [0.3, 0.4) is 0 Å². The highest BCUT2D eigenvalue weighted by Crippen LogP contribution is 2.35. The zero-order chi connectivity index (χ0) is 14.3. The molecule has 4 nitrogen and oxygen atoms in total. The number of hydrogen-bond acceptors (Lipinski definition) is 4. The Morgan fingerprint density at radius 3 is 2.47 bits per heavy atom. The van der Waals surface area contributed by atoms with E-state index in [-0.39, 0.29) is 6.04 Å². The van der Waals surface area contributed by atoms with Crippen molar-refractivity contribution in [3.05, 3.63) is 22.2 Å². The second-order valence-electron chi connectivity index (χ2n) is 3.82. The minimum absolute atomic E-state index is 0.00929. The van der Waals surface area contributed by atoms with Crippen molar-refractivity contribution < 1.29 is 9.47 Å². The van der Waals surface area contributed by atoms with Crippen molar-refractivity contribution in [2.45, 2.75) is 13.0 Å². The fraction of sp³-hybridized carbons (Fsp3) is 0.429. The standard InChI is InChI=1S/C14H19BrN2O2/c1-4-5-6-17-12(9-16)10-7-13(18-2)14(19-3)8-11(10)15/h7-8,12,17H,6,9,16H2,1-3H3. The number of methoxy groups -OCH3 is 2. The molecule has 1 atom stereocenters. The van der Waals surface area contributed by atoms with Crippen LogP contribution in [-0.2, 0) is 0 Å². The van der Waals surface area contributed by atoms with Gasteiger partial charge in [0.2, 0.25) is 0 Å². The van der Waals surface area contributed by atoms with E-state index in [1.54, 1.807) is 14.2 Å². The van der Waals surface area contributed by atoms with E-state index in [1.807, 2.05) is 19.1 Å². The first-order valence-corrected chi connectivity index (χ1v) is 6.71. The van der Waals surface area contributed by atoms with Crippen LogP contribution in [0.15, 0.2) is 16.6 Å². The Morgan fingerprint density at radius 2 is 1.95 bits per heavy atom. The predicted octanol–water partition coefficient (Wildman–Crippen LogP) is 2.08. The Morgan fingerprint density at radius 1 is 1.32 bits per heavy atom. The molecule has 0 radical (unpaired) electrons. The minimum atomic E-state index is 0.00929. The lowest BCUT2D eigenvalue weighted by molar-refractivity contribution is 0.353. The van der Waals surface area contributed by atoms with E-state index in [2.05, 4.69) is 33.1 Å². The van der Waals surface area contributed by atoms with Crippen molar-refractivity contribution in [1.82, 2.24) is 5.32 Å². The van der Waals surface area contributed by atoms with E-state index in [1.165, 1.54) is 0 Å². The number of ether oxygens (including phenoxy) is 2. The smallest absolute Gasteiger partial charge is 0.161 e. The molecule has 0 aromatic heterocycles. The first-order valence-electron chi connectivity index (χ1n) is 5.92. The molecule has 1 aromatic carbocycles. The van der Waals surface area contributed by atoms with Gasteiger partial charge in [0, 0.05) is 17.1 Å². The van der Waals surface area contributed by atoms with Crippen LogP contribution in [0.5, 0.6) is 11.5 Å². The quantitative estimate of drug-likeness (QED) is 0.786. The lowest BCUT2D eigenvalue weighted by Crippen LogP contribution is -2.28. The Labute approximate surface area is 122 Å². The third-order valence-electron chi connectivity index (χ3n) is 2.73. The van der Waals surface area contributed by atoms with Gasteiger partial charge in [0.25, 0.3) is 0 Å². The van der Waals surface area contributed by atoms with Gasteiger partial charge in [-0.05, 0) is 24.6 Å². The molecule has 0 saturated carbocycles. The SMILES string of the molecule is CC#CCNC(CN)c1cc(OC)c(OC)cc1Br. The van der Waals surface area contributed by atoms with Crippen molar-refractivity contribution >= 4 is 15.9 Å². The second kappa shape index (κ2) is 8.05. The van der Waals surface area contributed by atoms with Crippen molar-refractivity contribution in [3.8, 4) is 23.3 Å². The molecule has 5 heteroatoms. The van der Waals surface area contributed by atoms with Crippen molar-refractivity contribution in [3.63, 3.8) is 0 Å². The molecule has 0 fully saturated rings. The summed E-state index contributed by atoms with van der Waals surface area (Å²) in [5, 5.41) is 3.29. The zero-order valence-electron chi connectivity index (χ0n) is 11.4. The van der Waals surface area contributed by atoms with Crippen LogP contribution in [0.1, 0.15) is 18.5 Å². The predicted molar refractivity (Wildman–Crippen MR) is 80.5 cm³/mol. The minimum Gasteiger partial charge on any atom is -0.493 e. The third-order valence-corrected chi connectivity index (χ3v) is 3.41. The molecule has 0 spiro atoms. The summed E-state index contributed by atoms with van der Waals surface area (Å²) in [7, 11) is 3.22. The molecular formula is C14H19BrN2O2. The van der Waals surface area contributed by atoms with Gasteiger partial charge < -0.3 is 15.2 Å². The van der Waals surface area contributed by atoms with Gasteiger partial charge in [0.1, 0.15) is 0 Å². The average Bonchev–Trinajstić information content (AvgIpc) is 2.44. The highest BCUT2D eigenvalue weighted by Gasteiger charge is 2.16. The Balaban J connectivity index is 3.04. The maximum atomic E-state index is 5.81. The van der Waals surface area contributed by atoms with E-state index < -0.39 is 0 Å². The Kier molecular flexibility index (Phi) is 6.71. The van der Waals surface area contributed by atoms with E-state index in [4.69, 9.17) is 15.2 Å². The number of benzene rings is 1. The van der Waals surface area contributed by atoms with Gasteiger partial charge in [-0.1, -0.05) is 21.9 Å². The highest BCUT2D eigenvalue weighted by atomic mass is 79.9. The van der Waals surface area contributed by atoms with Gasteiger partial charge in [0.05, 0.1) is 20.8 Å². The molecule has 0 aliphatic carbocycles. The number of nitrogens with one attached hydrogen (secondary N) is 1. The van der Waals surface area contributed by atoms with Crippen LogP contribution in [-0.4, -0.2) is 27.3 Å². The zero-order valence-corrected chi connectivity index (χ0v) is 13.0. The van der Waals surface area contributed by atoms with E-state index in [0.29, 0.717) is 24.6 Å². The van der Waals surface area contributed by atoms with Crippen molar-refractivity contribution in [2.24, 2.45) is 5.73 Å². The maximum Gasteiger partial charge on any atom is 0.161 e. The molecule has 0 heterocycles. The first kappa shape index (κ1) is 15.8. The third kappa shape index (κ3) is 4.13. The van der Waals surface area contributed by atoms with Crippen molar-refractivity contribution in [2.75, 3.05) is 27.3 Å². The average molecular weight is 327 g/mol. The molecule has 0 aliphatic heterocycles. The van der Waals surface area contributed by atoms with Gasteiger partial charge >= 0.3 is 0 Å². The van der Waals surface area contributed by atoms with Gasteiger partial charge in [0.15, 0.2) is 11.5 Å². The number of nitrogens with two attached hydrogens (primary N) is 1. The van der Waals surface area contributed by atoms with Crippen LogP contribution in [0.2, 0.25) is 0 Å². The summed E-state index contributed by atoms with van der Waals surface area (Å²) in [6.45, 7) is 2.88. The monoisotopic (exact) mass is 326 g/mol. The number of hydrogen-bond donors (Lipinski definition) is 2. The molecule has 0 aliphatic rings. The Hall–Kier alpha value is -1.22. The van der Waals surface area contributed by atoms with Gasteiger partial charge in [-0.25, -0.2) is 0 Å². The van der Waals surface area contributed by atoms with Crippen LogP contribution in [0.4, 0.5) is 0 Å². The topological polar surface area (TPSA) is 56.5 Å². The molecule has 1 unspecified atom stereocenters. The largest absolute Gasteiger partial charge is 0.493 e. The van der Waals surface area contributed by atoms with Crippen LogP contribution < -0.4 is 20.5 Å². The number of rotatable bonds is 6. The maximum absolute atomic E-state index is 5.81. The molecule has 1 rings (SSSR count). The lowest BCUT2D eigenvalue weighted by Gasteiger charge is -2.19. The van der Waals surface area contributed by atoms with E-state index >= 15 is 0 Å². The normalized spacial score (nSPS) is 11.4. The number of halogens is 1. The van der Waals surface area contributed by atoms with Gasteiger partial charge in [-0.15, -0.1) is 5.92 Å². The van der Waals surface area contributed by atoms with E-state index in [9.17, 15) is 0 Å². The molecule has 0 bridgehead atoms. The fourth-order valence-corrected chi connectivity index (χ4v) is 2.32. The summed E-state index contributed by atoms with van der Waals surface area (Å²) in [6.07, 6.45) is 0. The summed E-state index contributed by atoms with van der Waals surface area (Å²) in [6, 6.07) is 3.81. The molecule has 104 valence electrons. The van der Waals surface area contributed by atoms with Crippen LogP contribution >= 0.6 is 15.9 Å². The highest BCUT2D eigenvalue weighted by molar-refractivity contribution is 9.10. The molecule has 0 amide bonds. The summed E-state index contributed by atoms with van der Waals surface area (Å²) in [4.78, 5) is 0. The molecule has 0 saturated heterocycles. The summed E-state index contributed by atoms with van der Waals surface area (Å²) < 4.78 is 11.5. The van der Waals surface area contributed by atoms with E-state index in [0.717, 1.165) is 10.0 Å². The second-order valence-corrected chi connectivity index (χ2v) is 4.68. The Bertz CT molecular complexity index is 480. The first-order chi connectivity index (χ1) is 9.17. The molecule has 3 N–H and O–H groups in total. The molecular weight excluding hydrogens is 308 g/mol. The molecule has 19 heavy (non-hydrogen) atoms. The van der Waals surface area contributed by atoms with Crippen LogP contribution in [0.25, 0.3) is 0 Å². The summed E-state index contributed by atoms with van der Waals surface area (Å²) in [5.41, 5.74) is 6.84. The lowest BCUT2D eigenvalue weighted by atomic mass is 10.1. The summed E-state index contributed by atoms with van der Waals surface area (Å²) in [5.74, 6) is 7.18. The fourth-order valence-electron chi connectivity index (χ4n) is 1.72. The van der Waals surface area contributed by atoms with Gasteiger partial charge in [-0.2, -0.15) is 0 Å².